The van der Waals surface area contributed by atoms with Gasteiger partial charge in [-0.15, -0.1) is 0 Å². The van der Waals surface area contributed by atoms with Crippen molar-refractivity contribution < 1.29 is 29.0 Å². The Balaban J connectivity index is 1.61. The highest BCUT2D eigenvalue weighted by Crippen LogP contribution is 2.28. The average Bonchev–Trinajstić information content (AvgIpc) is 3.48. The number of nitrogens with zero attached hydrogens (tertiary/aromatic N) is 2. The molecule has 2 fully saturated rings. The van der Waals surface area contributed by atoms with Gasteiger partial charge in [0.2, 0.25) is 11.8 Å². The molecule has 2 aliphatic heterocycles. The number of aliphatic hydroxyl groups is 1. The van der Waals surface area contributed by atoms with Gasteiger partial charge >= 0.3 is 11.7 Å². The molecule has 0 aromatic carbocycles. The maximum absolute atomic E-state index is 13.1. The SMILES string of the molecule is Cc1cn([C@H]2C[C@H](O)[C@@H](COC(=O)[C@@H](NC(=O)[C@@H]3CCCN3C(=O)[C@@H](N)C(C)C)C(C)C)O2)c(=O)[nH]c1=O. The molecule has 3 rings (SSSR count). The Morgan fingerprint density at radius 2 is 1.92 bits per heavy atom. The van der Waals surface area contributed by atoms with E-state index in [1.165, 1.54) is 15.7 Å². The third-order valence-electron chi connectivity index (χ3n) is 7.11. The van der Waals surface area contributed by atoms with Crippen LogP contribution in [0.4, 0.5) is 0 Å². The molecular formula is C25H39N5O8. The third kappa shape index (κ3) is 6.51. The fourth-order valence-corrected chi connectivity index (χ4v) is 4.62. The van der Waals surface area contributed by atoms with Gasteiger partial charge in [-0.25, -0.2) is 9.59 Å². The van der Waals surface area contributed by atoms with Gasteiger partial charge in [0.25, 0.3) is 5.56 Å². The normalized spacial score (nSPS) is 25.0. The lowest BCUT2D eigenvalue weighted by Gasteiger charge is -2.30. The molecule has 2 aliphatic rings. The maximum Gasteiger partial charge on any atom is 0.330 e. The summed E-state index contributed by atoms with van der Waals surface area (Å²) in [4.78, 5) is 66.2. The first-order valence-corrected chi connectivity index (χ1v) is 13.0. The molecule has 0 spiro atoms. The zero-order chi connectivity index (χ0) is 28.3. The lowest BCUT2D eigenvalue weighted by atomic mass is 10.0. The second-order valence-electron chi connectivity index (χ2n) is 10.7. The number of hydrogen-bond donors (Lipinski definition) is 4. The number of nitrogens with two attached hydrogens (primary N) is 1. The van der Waals surface area contributed by atoms with Gasteiger partial charge in [-0.2, -0.15) is 0 Å². The number of aryl methyl sites for hydroxylation is 1. The van der Waals surface area contributed by atoms with Crippen LogP contribution in [0, 0.1) is 18.8 Å². The van der Waals surface area contributed by atoms with Gasteiger partial charge in [-0.3, -0.25) is 23.9 Å². The van der Waals surface area contributed by atoms with E-state index < -0.39 is 59.7 Å². The first kappa shape index (κ1) is 29.5. The lowest BCUT2D eigenvalue weighted by Crippen LogP contribution is -2.56. The zero-order valence-corrected chi connectivity index (χ0v) is 22.5. The molecule has 6 atom stereocenters. The van der Waals surface area contributed by atoms with Gasteiger partial charge in [-0.05, 0) is 31.6 Å². The summed E-state index contributed by atoms with van der Waals surface area (Å²) >= 11 is 0. The number of esters is 1. The van der Waals surface area contributed by atoms with E-state index in [-0.39, 0.29) is 30.8 Å². The molecule has 5 N–H and O–H groups in total. The Labute approximate surface area is 220 Å². The van der Waals surface area contributed by atoms with Crippen LogP contribution in [0.2, 0.25) is 0 Å². The highest BCUT2D eigenvalue weighted by Gasteiger charge is 2.40. The summed E-state index contributed by atoms with van der Waals surface area (Å²) in [6, 6.07) is -2.43. The Morgan fingerprint density at radius 1 is 1.24 bits per heavy atom. The smallest absolute Gasteiger partial charge is 0.330 e. The number of aromatic nitrogens is 2. The fraction of sp³-hybridized carbons (Fsp3) is 0.720. The summed E-state index contributed by atoms with van der Waals surface area (Å²) in [5.74, 6) is -1.85. The summed E-state index contributed by atoms with van der Waals surface area (Å²) in [6.45, 7) is 8.84. The number of hydrogen-bond acceptors (Lipinski definition) is 9. The number of nitrogens with one attached hydrogen (secondary N) is 2. The minimum Gasteiger partial charge on any atom is -0.461 e. The molecule has 13 nitrogen and oxygen atoms in total. The molecule has 0 saturated carbocycles. The van der Waals surface area contributed by atoms with Crippen LogP contribution in [-0.4, -0.2) is 80.8 Å². The van der Waals surface area contributed by atoms with Gasteiger partial charge < -0.3 is 30.5 Å². The van der Waals surface area contributed by atoms with E-state index in [0.29, 0.717) is 24.9 Å². The number of carbonyl (C=O) groups is 3. The number of H-pyrrole nitrogens is 1. The van der Waals surface area contributed by atoms with Crippen molar-refractivity contribution in [2.75, 3.05) is 13.2 Å². The van der Waals surface area contributed by atoms with E-state index in [4.69, 9.17) is 15.2 Å². The van der Waals surface area contributed by atoms with Gasteiger partial charge in [0.15, 0.2) is 0 Å². The fourth-order valence-electron chi connectivity index (χ4n) is 4.62. The molecule has 2 saturated heterocycles. The molecule has 1 aromatic heterocycles. The highest BCUT2D eigenvalue weighted by atomic mass is 16.6. The van der Waals surface area contributed by atoms with E-state index in [1.54, 1.807) is 20.8 Å². The van der Waals surface area contributed by atoms with Crippen LogP contribution in [0.15, 0.2) is 15.8 Å². The van der Waals surface area contributed by atoms with Crippen LogP contribution in [-0.2, 0) is 23.9 Å². The molecular weight excluding hydrogens is 498 g/mol. The average molecular weight is 538 g/mol. The number of ether oxygens (including phenoxy) is 2. The summed E-state index contributed by atoms with van der Waals surface area (Å²) in [5, 5.41) is 13.1. The summed E-state index contributed by atoms with van der Waals surface area (Å²) in [5.41, 5.74) is 5.14. The molecule has 1 aromatic rings. The van der Waals surface area contributed by atoms with Crippen LogP contribution >= 0.6 is 0 Å². The molecule has 212 valence electrons. The Bertz CT molecular complexity index is 1150. The third-order valence-corrected chi connectivity index (χ3v) is 7.11. The number of aliphatic hydroxyl groups excluding tert-OH is 1. The standard InChI is InChI=1S/C25H39N5O8/c1-12(2)19(26)23(34)29-8-6-7-15(29)22(33)27-20(13(3)4)24(35)37-11-17-16(31)9-18(38-17)30-10-14(5)21(32)28-25(30)36/h10,12-13,15-20,31H,6-9,11,26H2,1-5H3,(H,27,33)(H,28,32,36)/t15-,16-,17+,18+,19-,20-/m0/s1. The van der Waals surface area contributed by atoms with Crippen LogP contribution in [0.5, 0.6) is 0 Å². The second kappa shape index (κ2) is 12.2. The summed E-state index contributed by atoms with van der Waals surface area (Å²) in [6.07, 6.45) is -0.254. The second-order valence-corrected chi connectivity index (χ2v) is 10.7. The van der Waals surface area contributed by atoms with E-state index in [0.717, 1.165) is 0 Å². The van der Waals surface area contributed by atoms with Gasteiger partial charge in [0.1, 0.15) is 31.0 Å². The molecule has 0 unspecified atom stereocenters. The highest BCUT2D eigenvalue weighted by molar-refractivity contribution is 5.92. The summed E-state index contributed by atoms with van der Waals surface area (Å²) in [7, 11) is 0. The lowest BCUT2D eigenvalue weighted by molar-refractivity contribution is -0.155. The maximum atomic E-state index is 13.1. The van der Waals surface area contributed by atoms with E-state index in [9.17, 15) is 29.1 Å². The topological polar surface area (TPSA) is 186 Å². The van der Waals surface area contributed by atoms with Crippen molar-refractivity contribution in [3.8, 4) is 0 Å². The van der Waals surface area contributed by atoms with Crippen LogP contribution in [0.1, 0.15) is 58.7 Å². The molecule has 3 heterocycles. The van der Waals surface area contributed by atoms with E-state index >= 15 is 0 Å². The van der Waals surface area contributed by atoms with Gasteiger partial charge in [0.05, 0.1) is 12.1 Å². The molecule has 13 heteroatoms. The van der Waals surface area contributed by atoms with Crippen molar-refractivity contribution in [2.24, 2.45) is 17.6 Å². The molecule has 38 heavy (non-hydrogen) atoms. The Hall–Kier alpha value is -3.03. The van der Waals surface area contributed by atoms with Crippen LogP contribution in [0.3, 0.4) is 0 Å². The van der Waals surface area contributed by atoms with E-state index in [1.807, 2.05) is 13.8 Å². The van der Waals surface area contributed by atoms with Crippen LogP contribution in [0.25, 0.3) is 0 Å². The van der Waals surface area contributed by atoms with Gasteiger partial charge in [0, 0.05) is 24.7 Å². The van der Waals surface area contributed by atoms with Crippen molar-refractivity contribution in [1.29, 1.82) is 0 Å². The quantitative estimate of drug-likeness (QED) is 0.291. The van der Waals surface area contributed by atoms with Crippen molar-refractivity contribution in [2.45, 2.75) is 90.4 Å². The van der Waals surface area contributed by atoms with Crippen molar-refractivity contribution in [1.82, 2.24) is 19.8 Å². The minimum absolute atomic E-state index is 0.0575. The monoisotopic (exact) mass is 537 g/mol. The predicted molar refractivity (Wildman–Crippen MR) is 136 cm³/mol. The van der Waals surface area contributed by atoms with Crippen molar-refractivity contribution in [3.63, 3.8) is 0 Å². The number of aromatic amines is 1. The Morgan fingerprint density at radius 3 is 2.55 bits per heavy atom. The first-order valence-electron chi connectivity index (χ1n) is 13.0. The Kier molecular flexibility index (Phi) is 9.49. The molecule has 0 bridgehead atoms. The molecule has 0 aliphatic carbocycles. The molecule has 0 radical (unpaired) electrons. The number of likely N-dealkylation sites (tertiary alicyclic amines) is 1. The number of rotatable bonds is 9. The van der Waals surface area contributed by atoms with E-state index in [2.05, 4.69) is 10.3 Å². The number of carbonyl (C=O) groups excluding carboxylic acids is 3. The predicted octanol–water partition coefficient (Wildman–Crippen LogP) is -0.848. The number of amides is 2. The van der Waals surface area contributed by atoms with Crippen molar-refractivity contribution >= 4 is 17.8 Å². The zero-order valence-electron chi connectivity index (χ0n) is 22.5. The van der Waals surface area contributed by atoms with Crippen LogP contribution < -0.4 is 22.3 Å². The summed E-state index contributed by atoms with van der Waals surface area (Å²) < 4.78 is 12.3. The minimum atomic E-state index is -1.03. The first-order chi connectivity index (χ1) is 17.8. The molecule has 2 amide bonds. The largest absolute Gasteiger partial charge is 0.461 e. The van der Waals surface area contributed by atoms with Gasteiger partial charge in [-0.1, -0.05) is 27.7 Å². The van der Waals surface area contributed by atoms with Crippen molar-refractivity contribution in [3.05, 3.63) is 32.6 Å².